The van der Waals surface area contributed by atoms with Crippen molar-refractivity contribution in [3.8, 4) is 0 Å². The number of para-hydroxylation sites is 1. The summed E-state index contributed by atoms with van der Waals surface area (Å²) >= 11 is 0. The molecule has 0 bridgehead atoms. The smallest absolute Gasteiger partial charge is 0.319 e. The third kappa shape index (κ3) is 5.94. The van der Waals surface area contributed by atoms with Crippen molar-refractivity contribution in [2.24, 2.45) is 0 Å². The van der Waals surface area contributed by atoms with E-state index in [9.17, 15) is 14.4 Å². The van der Waals surface area contributed by atoms with Crippen LogP contribution < -0.4 is 10.6 Å². The fourth-order valence-corrected chi connectivity index (χ4v) is 1.65. The first kappa shape index (κ1) is 16.5. The number of nitrogens with one attached hydrogen (secondary N) is 2. The summed E-state index contributed by atoms with van der Waals surface area (Å²) in [6.07, 6.45) is -0.134. The SMILES string of the molecule is CC(NC(=O)Nc1ccccc1)C(=O)N(C)CCC(=O)O. The maximum Gasteiger partial charge on any atom is 0.319 e. The Labute approximate surface area is 122 Å². The van der Waals surface area contributed by atoms with Crippen LogP contribution in [0, 0.1) is 0 Å². The van der Waals surface area contributed by atoms with Crippen LogP contribution in [0.1, 0.15) is 13.3 Å². The van der Waals surface area contributed by atoms with E-state index >= 15 is 0 Å². The number of likely N-dealkylation sites (N-methyl/N-ethyl adjacent to an activating group) is 1. The summed E-state index contributed by atoms with van der Waals surface area (Å²) in [7, 11) is 1.50. The third-order valence-corrected chi connectivity index (χ3v) is 2.79. The van der Waals surface area contributed by atoms with Gasteiger partial charge in [-0.25, -0.2) is 4.79 Å². The second kappa shape index (κ2) is 7.88. The predicted molar refractivity (Wildman–Crippen MR) is 77.9 cm³/mol. The summed E-state index contributed by atoms with van der Waals surface area (Å²) in [5.74, 6) is -1.32. The van der Waals surface area contributed by atoms with Gasteiger partial charge in [0.05, 0.1) is 6.42 Å². The van der Waals surface area contributed by atoms with Crippen LogP contribution in [0.5, 0.6) is 0 Å². The fourth-order valence-electron chi connectivity index (χ4n) is 1.65. The third-order valence-electron chi connectivity index (χ3n) is 2.79. The van der Waals surface area contributed by atoms with Crippen LogP contribution in [0.3, 0.4) is 0 Å². The monoisotopic (exact) mass is 293 g/mol. The standard InChI is InChI=1S/C14H19N3O4/c1-10(13(20)17(2)9-8-12(18)19)15-14(21)16-11-6-4-3-5-7-11/h3-7,10H,8-9H2,1-2H3,(H,18,19)(H2,15,16,21). The van der Waals surface area contributed by atoms with Crippen LogP contribution in [0.2, 0.25) is 0 Å². The Kier molecular flexibility index (Phi) is 6.19. The lowest BCUT2D eigenvalue weighted by Gasteiger charge is -2.21. The van der Waals surface area contributed by atoms with E-state index in [1.165, 1.54) is 11.9 Å². The van der Waals surface area contributed by atoms with Gasteiger partial charge in [-0.1, -0.05) is 18.2 Å². The molecule has 21 heavy (non-hydrogen) atoms. The number of aliphatic carboxylic acids is 1. The van der Waals surface area contributed by atoms with Gasteiger partial charge in [0.25, 0.3) is 0 Å². The number of carbonyl (C=O) groups is 3. The number of rotatable bonds is 6. The van der Waals surface area contributed by atoms with Crippen molar-refractivity contribution in [3.05, 3.63) is 30.3 Å². The number of hydrogen-bond acceptors (Lipinski definition) is 3. The first-order chi connectivity index (χ1) is 9.90. The van der Waals surface area contributed by atoms with E-state index in [-0.39, 0.29) is 18.9 Å². The van der Waals surface area contributed by atoms with Gasteiger partial charge in [0, 0.05) is 19.3 Å². The average molecular weight is 293 g/mol. The maximum atomic E-state index is 11.9. The summed E-state index contributed by atoms with van der Waals surface area (Å²) < 4.78 is 0. The fraction of sp³-hybridized carbons (Fsp3) is 0.357. The normalized spacial score (nSPS) is 11.3. The summed E-state index contributed by atoms with van der Waals surface area (Å²) in [4.78, 5) is 35.4. The number of benzene rings is 1. The molecule has 0 fully saturated rings. The molecule has 3 amide bonds. The molecule has 7 heteroatoms. The van der Waals surface area contributed by atoms with E-state index in [1.807, 2.05) is 6.07 Å². The van der Waals surface area contributed by atoms with Gasteiger partial charge in [-0.2, -0.15) is 0 Å². The van der Waals surface area contributed by atoms with E-state index in [0.29, 0.717) is 5.69 Å². The van der Waals surface area contributed by atoms with Gasteiger partial charge in [-0.3, -0.25) is 9.59 Å². The Morgan fingerprint density at radius 3 is 2.43 bits per heavy atom. The van der Waals surface area contributed by atoms with Crippen molar-refractivity contribution < 1.29 is 19.5 Å². The van der Waals surface area contributed by atoms with Gasteiger partial charge < -0.3 is 20.6 Å². The predicted octanol–water partition coefficient (Wildman–Crippen LogP) is 1.13. The molecule has 1 unspecified atom stereocenters. The van der Waals surface area contributed by atoms with Crippen LogP contribution in [0.25, 0.3) is 0 Å². The van der Waals surface area contributed by atoms with Crippen molar-refractivity contribution in [2.45, 2.75) is 19.4 Å². The molecule has 0 spiro atoms. The molecule has 1 atom stereocenters. The molecule has 0 heterocycles. The highest BCUT2D eigenvalue weighted by Crippen LogP contribution is 2.04. The number of anilines is 1. The van der Waals surface area contributed by atoms with Gasteiger partial charge in [0.2, 0.25) is 5.91 Å². The van der Waals surface area contributed by atoms with Gasteiger partial charge >= 0.3 is 12.0 Å². The minimum atomic E-state index is -0.975. The van der Waals surface area contributed by atoms with Gasteiger partial charge in [0.15, 0.2) is 0 Å². The minimum Gasteiger partial charge on any atom is -0.481 e. The quantitative estimate of drug-likeness (QED) is 0.732. The number of carboxylic acids is 1. The Bertz CT molecular complexity index is 504. The highest BCUT2D eigenvalue weighted by Gasteiger charge is 2.19. The van der Waals surface area contributed by atoms with Crippen molar-refractivity contribution >= 4 is 23.6 Å². The number of carboxylic acid groups (broad SMARTS) is 1. The summed E-state index contributed by atoms with van der Waals surface area (Å²) in [6, 6.07) is 7.61. The van der Waals surface area contributed by atoms with E-state index in [4.69, 9.17) is 5.11 Å². The number of amides is 3. The molecule has 0 saturated heterocycles. The van der Waals surface area contributed by atoms with Gasteiger partial charge in [0.1, 0.15) is 6.04 Å². The Balaban J connectivity index is 2.44. The highest BCUT2D eigenvalue weighted by molar-refractivity contribution is 5.93. The minimum absolute atomic E-state index is 0.0977. The zero-order valence-corrected chi connectivity index (χ0v) is 12.0. The average Bonchev–Trinajstić information content (AvgIpc) is 2.44. The van der Waals surface area contributed by atoms with Crippen molar-refractivity contribution in [1.82, 2.24) is 10.2 Å². The van der Waals surface area contributed by atoms with Crippen LogP contribution in [-0.2, 0) is 9.59 Å². The first-order valence-corrected chi connectivity index (χ1v) is 6.49. The number of hydrogen-bond donors (Lipinski definition) is 3. The molecular weight excluding hydrogens is 274 g/mol. The van der Waals surface area contributed by atoms with E-state index in [1.54, 1.807) is 31.2 Å². The molecular formula is C14H19N3O4. The van der Waals surface area contributed by atoms with Gasteiger partial charge in [-0.15, -0.1) is 0 Å². The zero-order chi connectivity index (χ0) is 15.8. The van der Waals surface area contributed by atoms with Gasteiger partial charge in [-0.05, 0) is 19.1 Å². The van der Waals surface area contributed by atoms with Crippen molar-refractivity contribution in [1.29, 1.82) is 0 Å². The lowest BCUT2D eigenvalue weighted by atomic mass is 10.3. The molecule has 114 valence electrons. The van der Waals surface area contributed by atoms with Crippen LogP contribution >= 0.6 is 0 Å². The Hall–Kier alpha value is -2.57. The maximum absolute atomic E-state index is 11.9. The molecule has 0 radical (unpaired) electrons. The molecule has 1 aromatic carbocycles. The number of urea groups is 1. The van der Waals surface area contributed by atoms with Crippen LogP contribution in [0.15, 0.2) is 30.3 Å². The number of carbonyl (C=O) groups excluding carboxylic acids is 2. The highest BCUT2D eigenvalue weighted by atomic mass is 16.4. The first-order valence-electron chi connectivity index (χ1n) is 6.49. The second-order valence-electron chi connectivity index (χ2n) is 4.59. The number of nitrogens with zero attached hydrogens (tertiary/aromatic N) is 1. The van der Waals surface area contributed by atoms with E-state index in [2.05, 4.69) is 10.6 Å². The lowest BCUT2D eigenvalue weighted by molar-refractivity contribution is -0.138. The Morgan fingerprint density at radius 2 is 1.86 bits per heavy atom. The molecule has 1 rings (SSSR count). The molecule has 1 aromatic rings. The van der Waals surface area contributed by atoms with Crippen molar-refractivity contribution in [2.75, 3.05) is 18.9 Å². The van der Waals surface area contributed by atoms with E-state index in [0.717, 1.165) is 0 Å². The van der Waals surface area contributed by atoms with Crippen LogP contribution in [0.4, 0.5) is 10.5 Å². The molecule has 7 nitrogen and oxygen atoms in total. The summed E-state index contributed by atoms with van der Waals surface area (Å²) in [5.41, 5.74) is 0.619. The second-order valence-corrected chi connectivity index (χ2v) is 4.59. The molecule has 0 aromatic heterocycles. The van der Waals surface area contributed by atoms with Crippen molar-refractivity contribution in [3.63, 3.8) is 0 Å². The van der Waals surface area contributed by atoms with Crippen LogP contribution in [-0.4, -0.2) is 47.5 Å². The molecule has 3 N–H and O–H groups in total. The molecule has 0 aliphatic rings. The molecule has 0 saturated carbocycles. The zero-order valence-electron chi connectivity index (χ0n) is 12.0. The molecule has 0 aliphatic heterocycles. The summed E-state index contributed by atoms with van der Waals surface area (Å²) in [6.45, 7) is 1.64. The largest absolute Gasteiger partial charge is 0.481 e. The lowest BCUT2D eigenvalue weighted by Crippen LogP contribution is -2.47. The summed E-state index contributed by atoms with van der Waals surface area (Å²) in [5, 5.41) is 13.7. The molecule has 0 aliphatic carbocycles. The Morgan fingerprint density at radius 1 is 1.24 bits per heavy atom. The van der Waals surface area contributed by atoms with E-state index < -0.39 is 18.0 Å². The topological polar surface area (TPSA) is 98.7 Å².